The maximum Gasteiger partial charge on any atom is 0.416 e. The molecule has 2 aliphatic heterocycles. The molecule has 1 aromatic heterocycles. The molecule has 31 heavy (non-hydrogen) atoms. The van der Waals surface area contributed by atoms with Gasteiger partial charge in [0.25, 0.3) is 5.91 Å². The molecule has 1 aromatic carbocycles. The first-order valence-corrected chi connectivity index (χ1v) is 10.5. The number of nitrogens with one attached hydrogen (secondary N) is 1. The van der Waals surface area contributed by atoms with Crippen LogP contribution in [0.15, 0.2) is 24.3 Å². The Balaban J connectivity index is 1.28. The Hall–Kier alpha value is -2.84. The van der Waals surface area contributed by atoms with E-state index >= 15 is 0 Å². The third-order valence-corrected chi connectivity index (χ3v) is 7.04. The number of rotatable bonds is 2. The lowest BCUT2D eigenvalue weighted by molar-refractivity contribution is -0.138. The van der Waals surface area contributed by atoms with Crippen LogP contribution in [0.3, 0.4) is 0 Å². The van der Waals surface area contributed by atoms with Gasteiger partial charge in [-0.1, -0.05) is 18.2 Å². The molecular weight excluding hydrogens is 409 g/mol. The van der Waals surface area contributed by atoms with Crippen molar-refractivity contribution in [1.82, 2.24) is 20.0 Å². The number of aromatic nitrogens is 2. The average Bonchev–Trinajstić information content (AvgIpc) is 3.45. The number of aromatic amines is 1. The van der Waals surface area contributed by atoms with Gasteiger partial charge in [0, 0.05) is 25.6 Å². The van der Waals surface area contributed by atoms with Crippen molar-refractivity contribution in [2.75, 3.05) is 13.1 Å². The molecule has 9 heteroatoms. The van der Waals surface area contributed by atoms with E-state index in [1.165, 1.54) is 13.0 Å². The predicted molar refractivity (Wildman–Crippen MR) is 105 cm³/mol. The number of likely N-dealkylation sites (tertiary alicyclic amines) is 1. The van der Waals surface area contributed by atoms with Gasteiger partial charge in [-0.15, -0.1) is 0 Å². The van der Waals surface area contributed by atoms with E-state index in [1.54, 1.807) is 21.9 Å². The van der Waals surface area contributed by atoms with Crippen molar-refractivity contribution in [2.45, 2.75) is 44.9 Å². The van der Waals surface area contributed by atoms with Crippen LogP contribution in [0.5, 0.6) is 0 Å². The summed E-state index contributed by atoms with van der Waals surface area (Å²) >= 11 is 0. The summed E-state index contributed by atoms with van der Waals surface area (Å²) in [5, 5.41) is 7.07. The van der Waals surface area contributed by atoms with Crippen LogP contribution in [-0.2, 0) is 24.1 Å². The van der Waals surface area contributed by atoms with Crippen LogP contribution in [0.25, 0.3) is 0 Å². The molecule has 1 saturated heterocycles. The highest BCUT2D eigenvalue weighted by atomic mass is 19.4. The number of carbonyl (C=O) groups is 2. The smallest absolute Gasteiger partial charge is 0.337 e. The van der Waals surface area contributed by atoms with Gasteiger partial charge in [0.2, 0.25) is 5.91 Å². The van der Waals surface area contributed by atoms with E-state index in [9.17, 15) is 22.8 Å². The summed E-state index contributed by atoms with van der Waals surface area (Å²) in [4.78, 5) is 28.2. The lowest BCUT2D eigenvalue weighted by atomic mass is 9.91. The van der Waals surface area contributed by atoms with Crippen LogP contribution in [0, 0.1) is 11.8 Å². The van der Waals surface area contributed by atoms with Crippen molar-refractivity contribution in [1.29, 1.82) is 0 Å². The molecule has 0 bridgehead atoms. The standard InChI is InChI=1S/C22H23F3N4O2/c1-12(30)28-10-17-19(11-28)26-27-20(17)21(31)29-8-14-6-13(7-15(14)9-29)16-4-2-3-5-18(16)22(23,24)25/h2-5,13-15H,6-11H2,1H3,(H,26,27)/t13-,14+,15-. The molecule has 2 amide bonds. The van der Waals surface area contributed by atoms with E-state index in [-0.39, 0.29) is 29.6 Å². The fourth-order valence-corrected chi connectivity index (χ4v) is 5.52. The normalized spacial score (nSPS) is 25.1. The van der Waals surface area contributed by atoms with E-state index in [0.717, 1.165) is 17.3 Å². The maximum atomic E-state index is 13.4. The first kappa shape index (κ1) is 20.1. The molecule has 0 spiro atoms. The van der Waals surface area contributed by atoms with Crippen LogP contribution in [0.4, 0.5) is 13.2 Å². The summed E-state index contributed by atoms with van der Waals surface area (Å²) in [6.07, 6.45) is -3.05. The molecule has 5 rings (SSSR count). The molecule has 3 heterocycles. The lowest BCUT2D eigenvalue weighted by Crippen LogP contribution is -2.31. The summed E-state index contributed by atoms with van der Waals surface area (Å²) in [5.74, 6) is 0.0316. The number of hydrogen-bond acceptors (Lipinski definition) is 3. The van der Waals surface area contributed by atoms with E-state index < -0.39 is 11.7 Å². The van der Waals surface area contributed by atoms with Gasteiger partial charge in [0.15, 0.2) is 5.69 Å². The Morgan fingerprint density at radius 1 is 1.06 bits per heavy atom. The number of fused-ring (bicyclic) bond motifs is 2. The van der Waals surface area contributed by atoms with Gasteiger partial charge in [-0.25, -0.2) is 0 Å². The van der Waals surface area contributed by atoms with E-state index in [2.05, 4.69) is 10.2 Å². The molecule has 0 radical (unpaired) electrons. The highest BCUT2D eigenvalue weighted by Gasteiger charge is 2.46. The molecule has 0 unspecified atom stereocenters. The lowest BCUT2D eigenvalue weighted by Gasteiger charge is -2.21. The molecule has 1 aliphatic carbocycles. The van der Waals surface area contributed by atoms with Crippen LogP contribution < -0.4 is 0 Å². The zero-order chi connectivity index (χ0) is 21.9. The second-order valence-electron chi connectivity index (χ2n) is 8.89. The fraction of sp³-hybridized carbons (Fsp3) is 0.500. The molecule has 1 saturated carbocycles. The Labute approximate surface area is 177 Å². The van der Waals surface area contributed by atoms with Crippen molar-refractivity contribution in [2.24, 2.45) is 11.8 Å². The minimum atomic E-state index is -4.36. The van der Waals surface area contributed by atoms with E-state index in [4.69, 9.17) is 0 Å². The van der Waals surface area contributed by atoms with E-state index in [0.29, 0.717) is 50.3 Å². The molecule has 6 nitrogen and oxygen atoms in total. The molecule has 3 aliphatic rings. The zero-order valence-corrected chi connectivity index (χ0v) is 17.1. The quantitative estimate of drug-likeness (QED) is 0.789. The van der Waals surface area contributed by atoms with Gasteiger partial charge >= 0.3 is 6.18 Å². The average molecular weight is 432 g/mol. The summed E-state index contributed by atoms with van der Waals surface area (Å²) in [7, 11) is 0. The summed E-state index contributed by atoms with van der Waals surface area (Å²) < 4.78 is 40.2. The van der Waals surface area contributed by atoms with Crippen LogP contribution >= 0.6 is 0 Å². The second kappa shape index (κ2) is 7.10. The second-order valence-corrected chi connectivity index (χ2v) is 8.89. The van der Waals surface area contributed by atoms with E-state index in [1.807, 2.05) is 0 Å². The number of alkyl halides is 3. The highest BCUT2D eigenvalue weighted by molar-refractivity contribution is 5.94. The predicted octanol–water partition coefficient (Wildman–Crippen LogP) is 3.56. The third-order valence-electron chi connectivity index (χ3n) is 7.04. The van der Waals surface area contributed by atoms with Crippen LogP contribution in [0.1, 0.15) is 58.6 Å². The monoisotopic (exact) mass is 432 g/mol. The number of benzene rings is 1. The highest BCUT2D eigenvalue weighted by Crippen LogP contribution is 2.49. The number of halogens is 3. The molecule has 2 aromatic rings. The Bertz CT molecular complexity index is 1030. The van der Waals surface area contributed by atoms with Crippen LogP contribution in [-0.4, -0.2) is 44.9 Å². The number of amides is 2. The van der Waals surface area contributed by atoms with Crippen molar-refractivity contribution in [3.8, 4) is 0 Å². The van der Waals surface area contributed by atoms with Gasteiger partial charge in [-0.05, 0) is 42.2 Å². The summed E-state index contributed by atoms with van der Waals surface area (Å²) in [6, 6.07) is 5.84. The largest absolute Gasteiger partial charge is 0.416 e. The van der Waals surface area contributed by atoms with Crippen molar-refractivity contribution >= 4 is 11.8 Å². The topological polar surface area (TPSA) is 69.3 Å². The van der Waals surface area contributed by atoms with Gasteiger partial charge in [-0.3, -0.25) is 14.7 Å². The van der Waals surface area contributed by atoms with Gasteiger partial charge in [0.05, 0.1) is 24.3 Å². The third kappa shape index (κ3) is 3.40. The van der Waals surface area contributed by atoms with Gasteiger partial charge in [-0.2, -0.15) is 18.3 Å². The molecule has 164 valence electrons. The molecule has 2 fully saturated rings. The first-order chi connectivity index (χ1) is 14.7. The first-order valence-electron chi connectivity index (χ1n) is 10.5. The Morgan fingerprint density at radius 3 is 2.39 bits per heavy atom. The maximum absolute atomic E-state index is 13.4. The number of hydrogen-bond donors (Lipinski definition) is 1. The molecular formula is C22H23F3N4O2. The fourth-order valence-electron chi connectivity index (χ4n) is 5.52. The van der Waals surface area contributed by atoms with Crippen molar-refractivity contribution in [3.63, 3.8) is 0 Å². The number of carbonyl (C=O) groups excluding carboxylic acids is 2. The van der Waals surface area contributed by atoms with Crippen LogP contribution in [0.2, 0.25) is 0 Å². The SMILES string of the molecule is CC(=O)N1Cc2[nH]nc(C(=O)N3C[C@H]4C[C@H](c5ccccc5C(F)(F)F)C[C@H]4C3)c2C1. The van der Waals surface area contributed by atoms with Gasteiger partial charge in [0.1, 0.15) is 0 Å². The minimum absolute atomic E-state index is 0.0520. The molecule has 1 N–H and O–H groups in total. The Kier molecular flexibility index (Phi) is 4.60. The summed E-state index contributed by atoms with van der Waals surface area (Å²) in [6.45, 7) is 3.37. The number of nitrogens with zero attached hydrogens (tertiary/aromatic N) is 3. The minimum Gasteiger partial charge on any atom is -0.337 e. The van der Waals surface area contributed by atoms with Crippen molar-refractivity contribution in [3.05, 3.63) is 52.3 Å². The Morgan fingerprint density at radius 2 is 1.74 bits per heavy atom. The van der Waals surface area contributed by atoms with Gasteiger partial charge < -0.3 is 9.80 Å². The summed E-state index contributed by atoms with van der Waals surface area (Å²) in [5.41, 5.74) is 1.75. The molecule has 3 atom stereocenters. The zero-order valence-electron chi connectivity index (χ0n) is 17.1. The van der Waals surface area contributed by atoms with Crippen molar-refractivity contribution < 1.29 is 22.8 Å². The number of H-pyrrole nitrogens is 1.